The van der Waals surface area contributed by atoms with Crippen molar-refractivity contribution in [3.63, 3.8) is 0 Å². The maximum absolute atomic E-state index is 12.6. The van der Waals surface area contributed by atoms with Crippen molar-refractivity contribution in [3.8, 4) is 11.5 Å². The van der Waals surface area contributed by atoms with Crippen LogP contribution in [0.25, 0.3) is 0 Å². The van der Waals surface area contributed by atoms with Gasteiger partial charge in [-0.25, -0.2) is 0 Å². The third kappa shape index (κ3) is 4.69. The van der Waals surface area contributed by atoms with Gasteiger partial charge >= 0.3 is 0 Å². The molecule has 1 amide bonds. The average Bonchev–Trinajstić information content (AvgIpc) is 3.50. The Morgan fingerprint density at radius 1 is 1.13 bits per heavy atom. The minimum absolute atomic E-state index is 0.141. The number of thioether (sulfide) groups is 1. The Labute approximate surface area is 186 Å². The number of rotatable bonds is 9. The first kappa shape index (κ1) is 21.2. The average molecular weight is 439 g/mol. The minimum atomic E-state index is -0.141. The Kier molecular flexibility index (Phi) is 6.46. The Morgan fingerprint density at radius 3 is 2.65 bits per heavy atom. The van der Waals surface area contributed by atoms with Crippen LogP contribution in [0.4, 0.5) is 5.69 Å². The monoisotopic (exact) mass is 438 g/mol. The number of amides is 1. The fourth-order valence-corrected chi connectivity index (χ4v) is 4.56. The lowest BCUT2D eigenvalue weighted by Gasteiger charge is -2.12. The van der Waals surface area contributed by atoms with E-state index in [0.717, 1.165) is 23.9 Å². The zero-order valence-corrected chi connectivity index (χ0v) is 18.7. The highest BCUT2D eigenvalue weighted by Crippen LogP contribution is 2.54. The number of nitrogens with zero attached hydrogens (tertiary/aromatic N) is 3. The molecule has 0 radical (unpaired) electrons. The molecule has 0 saturated heterocycles. The van der Waals surface area contributed by atoms with Crippen LogP contribution in [0.3, 0.4) is 0 Å². The second-order valence-electron chi connectivity index (χ2n) is 7.35. The molecule has 0 spiro atoms. The molecular formula is C23H26N4O3S. The summed E-state index contributed by atoms with van der Waals surface area (Å²) in [6, 6.07) is 15.8. The summed E-state index contributed by atoms with van der Waals surface area (Å²) in [5.74, 6) is 3.21. The van der Waals surface area contributed by atoms with Gasteiger partial charge in [-0.2, -0.15) is 0 Å². The predicted octanol–water partition coefficient (Wildman–Crippen LogP) is 4.32. The van der Waals surface area contributed by atoms with Gasteiger partial charge in [0, 0.05) is 18.5 Å². The number of methoxy groups -OCH3 is 2. The normalized spacial score (nSPS) is 17.3. The quantitative estimate of drug-likeness (QED) is 0.502. The highest BCUT2D eigenvalue weighted by molar-refractivity contribution is 7.99. The first-order valence-corrected chi connectivity index (χ1v) is 11.3. The van der Waals surface area contributed by atoms with Gasteiger partial charge in [-0.05, 0) is 37.0 Å². The van der Waals surface area contributed by atoms with E-state index in [-0.39, 0.29) is 11.7 Å². The molecule has 3 aromatic rings. The van der Waals surface area contributed by atoms with Crippen molar-refractivity contribution in [1.82, 2.24) is 14.8 Å². The van der Waals surface area contributed by atoms with Crippen molar-refractivity contribution in [2.75, 3.05) is 25.3 Å². The molecule has 7 nitrogen and oxygen atoms in total. The SMILES string of the molecule is CCn1c(SCC(=O)Nc2cc(OC)ccc2OC)nnc1C1CC1c1ccccc1. The number of ether oxygens (including phenoxy) is 2. The van der Waals surface area contributed by atoms with Crippen LogP contribution in [0.1, 0.15) is 36.6 Å². The highest BCUT2D eigenvalue weighted by atomic mass is 32.2. The molecule has 2 unspecified atom stereocenters. The van der Waals surface area contributed by atoms with Gasteiger partial charge in [0.25, 0.3) is 0 Å². The van der Waals surface area contributed by atoms with Gasteiger partial charge in [-0.3, -0.25) is 4.79 Å². The van der Waals surface area contributed by atoms with Gasteiger partial charge in [0.1, 0.15) is 17.3 Å². The summed E-state index contributed by atoms with van der Waals surface area (Å²) in [7, 11) is 3.15. The molecule has 1 N–H and O–H groups in total. The van der Waals surface area contributed by atoms with E-state index in [1.165, 1.54) is 17.3 Å². The van der Waals surface area contributed by atoms with Crippen molar-refractivity contribution in [2.24, 2.45) is 0 Å². The van der Waals surface area contributed by atoms with Crippen LogP contribution >= 0.6 is 11.8 Å². The van der Waals surface area contributed by atoms with Gasteiger partial charge in [0.15, 0.2) is 5.16 Å². The molecule has 1 heterocycles. The van der Waals surface area contributed by atoms with Crippen LogP contribution < -0.4 is 14.8 Å². The van der Waals surface area contributed by atoms with E-state index in [9.17, 15) is 4.79 Å². The van der Waals surface area contributed by atoms with Gasteiger partial charge in [-0.15, -0.1) is 10.2 Å². The van der Waals surface area contributed by atoms with Crippen molar-refractivity contribution in [3.05, 3.63) is 59.9 Å². The Hall–Kier alpha value is -3.00. The fourth-order valence-electron chi connectivity index (χ4n) is 3.76. The maximum Gasteiger partial charge on any atom is 0.234 e. The molecule has 162 valence electrons. The maximum atomic E-state index is 12.6. The lowest BCUT2D eigenvalue weighted by atomic mass is 10.1. The van der Waals surface area contributed by atoms with E-state index < -0.39 is 0 Å². The van der Waals surface area contributed by atoms with Crippen LogP contribution in [-0.4, -0.2) is 40.6 Å². The molecule has 1 aliphatic carbocycles. The Balaban J connectivity index is 1.40. The first-order chi connectivity index (χ1) is 15.1. The minimum Gasteiger partial charge on any atom is -0.497 e. The van der Waals surface area contributed by atoms with Gasteiger partial charge < -0.3 is 19.4 Å². The van der Waals surface area contributed by atoms with E-state index >= 15 is 0 Å². The van der Waals surface area contributed by atoms with Gasteiger partial charge in [0.2, 0.25) is 5.91 Å². The lowest BCUT2D eigenvalue weighted by Crippen LogP contribution is -2.15. The van der Waals surface area contributed by atoms with Crippen LogP contribution in [0, 0.1) is 0 Å². The zero-order valence-electron chi connectivity index (χ0n) is 17.9. The predicted molar refractivity (Wildman–Crippen MR) is 121 cm³/mol. The number of aromatic nitrogens is 3. The largest absolute Gasteiger partial charge is 0.497 e. The molecule has 8 heteroatoms. The molecule has 31 heavy (non-hydrogen) atoms. The molecule has 1 aliphatic rings. The number of nitrogens with one attached hydrogen (secondary N) is 1. The van der Waals surface area contributed by atoms with E-state index in [0.29, 0.717) is 29.0 Å². The topological polar surface area (TPSA) is 78.3 Å². The summed E-state index contributed by atoms with van der Waals surface area (Å²) >= 11 is 1.39. The molecular weight excluding hydrogens is 412 g/mol. The van der Waals surface area contributed by atoms with E-state index in [4.69, 9.17) is 9.47 Å². The summed E-state index contributed by atoms with van der Waals surface area (Å²) in [6.45, 7) is 2.85. The molecule has 1 fully saturated rings. The van der Waals surface area contributed by atoms with E-state index in [1.54, 1.807) is 32.4 Å². The molecule has 2 atom stereocenters. The first-order valence-electron chi connectivity index (χ1n) is 10.3. The van der Waals surface area contributed by atoms with E-state index in [2.05, 4.69) is 51.3 Å². The molecule has 0 aliphatic heterocycles. The second-order valence-corrected chi connectivity index (χ2v) is 8.29. The van der Waals surface area contributed by atoms with Gasteiger partial charge in [0.05, 0.1) is 25.7 Å². The fraction of sp³-hybridized carbons (Fsp3) is 0.348. The summed E-state index contributed by atoms with van der Waals surface area (Å²) < 4.78 is 12.7. The van der Waals surface area contributed by atoms with Gasteiger partial charge in [-0.1, -0.05) is 42.1 Å². The van der Waals surface area contributed by atoms with Crippen LogP contribution in [0.5, 0.6) is 11.5 Å². The number of carbonyl (C=O) groups excluding carboxylic acids is 1. The Morgan fingerprint density at radius 2 is 1.94 bits per heavy atom. The highest BCUT2D eigenvalue weighted by Gasteiger charge is 2.43. The Bertz CT molecular complexity index is 1050. The van der Waals surface area contributed by atoms with Crippen molar-refractivity contribution in [1.29, 1.82) is 0 Å². The van der Waals surface area contributed by atoms with Crippen molar-refractivity contribution < 1.29 is 14.3 Å². The second kappa shape index (κ2) is 9.43. The summed E-state index contributed by atoms with van der Waals surface area (Å²) in [5, 5.41) is 12.5. The third-order valence-corrected chi connectivity index (χ3v) is 6.39. The molecule has 1 aromatic heterocycles. The zero-order chi connectivity index (χ0) is 21.8. The van der Waals surface area contributed by atoms with E-state index in [1.807, 2.05) is 6.07 Å². The smallest absolute Gasteiger partial charge is 0.234 e. The lowest BCUT2D eigenvalue weighted by molar-refractivity contribution is -0.113. The van der Waals surface area contributed by atoms with Crippen molar-refractivity contribution in [2.45, 2.75) is 36.9 Å². The molecule has 1 saturated carbocycles. The summed E-state index contributed by atoms with van der Waals surface area (Å²) in [4.78, 5) is 12.6. The van der Waals surface area contributed by atoms with Crippen LogP contribution in [0.2, 0.25) is 0 Å². The molecule has 0 bridgehead atoms. The number of benzene rings is 2. The third-order valence-electron chi connectivity index (χ3n) is 5.42. The number of hydrogen-bond acceptors (Lipinski definition) is 6. The summed E-state index contributed by atoms with van der Waals surface area (Å²) in [5.41, 5.74) is 1.92. The van der Waals surface area contributed by atoms with Crippen LogP contribution in [-0.2, 0) is 11.3 Å². The number of carbonyl (C=O) groups is 1. The van der Waals surface area contributed by atoms with Crippen LogP contribution in [0.15, 0.2) is 53.7 Å². The standard InChI is InChI=1S/C23H26N4O3S/c1-4-27-22(18-13-17(18)15-8-6-5-7-9-15)25-26-23(27)31-14-21(28)24-19-12-16(29-2)10-11-20(19)30-3/h5-12,17-18H,4,13-14H2,1-3H3,(H,24,28). The number of hydrogen-bond donors (Lipinski definition) is 1. The molecule has 4 rings (SSSR count). The molecule has 2 aromatic carbocycles. The number of anilines is 1. The van der Waals surface area contributed by atoms with Crippen molar-refractivity contribution >= 4 is 23.4 Å². The summed E-state index contributed by atoms with van der Waals surface area (Å²) in [6.07, 6.45) is 1.09.